The summed E-state index contributed by atoms with van der Waals surface area (Å²) in [5, 5.41) is 3.30. The van der Waals surface area contributed by atoms with Gasteiger partial charge in [0, 0.05) is 6.54 Å². The normalized spacial score (nSPS) is 20.6. The van der Waals surface area contributed by atoms with E-state index in [1.807, 2.05) is 0 Å². The lowest BCUT2D eigenvalue weighted by Crippen LogP contribution is -2.26. The van der Waals surface area contributed by atoms with E-state index < -0.39 is 10.0 Å². The van der Waals surface area contributed by atoms with E-state index in [9.17, 15) is 8.42 Å². The molecule has 1 aliphatic heterocycles. The number of hydrogen-bond donors (Lipinski definition) is 2. The Balaban J connectivity index is 1.78. The van der Waals surface area contributed by atoms with E-state index in [4.69, 9.17) is 4.42 Å². The number of nitrogens with zero attached hydrogens (tertiary/aromatic N) is 1. The molecule has 1 atom stereocenters. The van der Waals surface area contributed by atoms with E-state index in [1.54, 1.807) is 6.07 Å². The Morgan fingerprint density at radius 2 is 2.25 bits per heavy atom. The summed E-state index contributed by atoms with van der Waals surface area (Å²) in [6.07, 6.45) is 1.22. The summed E-state index contributed by atoms with van der Waals surface area (Å²) in [5.74, 6) is 1.31. The van der Waals surface area contributed by atoms with Gasteiger partial charge in [0.05, 0.1) is 6.54 Å². The summed E-state index contributed by atoms with van der Waals surface area (Å²) in [4.78, 5) is 2.44. The van der Waals surface area contributed by atoms with Crippen LogP contribution in [-0.2, 0) is 16.6 Å². The zero-order valence-electron chi connectivity index (χ0n) is 12.1. The molecule has 0 spiro atoms. The van der Waals surface area contributed by atoms with Gasteiger partial charge in [-0.3, -0.25) is 0 Å². The van der Waals surface area contributed by atoms with Gasteiger partial charge in [-0.25, -0.2) is 13.1 Å². The molecule has 1 fully saturated rings. The van der Waals surface area contributed by atoms with Crippen LogP contribution in [0.3, 0.4) is 0 Å². The Kier molecular flexibility index (Phi) is 5.20. The van der Waals surface area contributed by atoms with E-state index in [0.717, 1.165) is 19.6 Å². The summed E-state index contributed by atoms with van der Waals surface area (Å²) in [6.45, 7) is 7.10. The molecule has 114 valence electrons. The van der Waals surface area contributed by atoms with Gasteiger partial charge >= 0.3 is 0 Å². The lowest BCUT2D eigenvalue weighted by Gasteiger charge is -2.13. The predicted molar refractivity (Wildman–Crippen MR) is 76.9 cm³/mol. The van der Waals surface area contributed by atoms with Crippen molar-refractivity contribution in [3.63, 3.8) is 0 Å². The largest absolute Gasteiger partial charge is 0.447 e. The Hall–Kier alpha value is -0.890. The fourth-order valence-corrected chi connectivity index (χ4v) is 3.13. The van der Waals surface area contributed by atoms with Gasteiger partial charge < -0.3 is 14.6 Å². The lowest BCUT2D eigenvalue weighted by molar-refractivity contribution is 0.336. The maximum absolute atomic E-state index is 11.5. The van der Waals surface area contributed by atoms with Crippen LogP contribution in [-0.4, -0.2) is 46.5 Å². The lowest BCUT2D eigenvalue weighted by atomic mass is 10.1. The molecule has 2 N–H and O–H groups in total. The van der Waals surface area contributed by atoms with E-state index in [2.05, 4.69) is 21.9 Å². The molecule has 20 heavy (non-hydrogen) atoms. The van der Waals surface area contributed by atoms with E-state index in [-0.39, 0.29) is 5.09 Å². The van der Waals surface area contributed by atoms with Crippen LogP contribution in [0.15, 0.2) is 21.6 Å². The maximum Gasteiger partial charge on any atom is 0.273 e. The first kappa shape index (κ1) is 15.5. The van der Waals surface area contributed by atoms with Crippen LogP contribution in [0, 0.1) is 5.92 Å². The molecule has 1 saturated heterocycles. The van der Waals surface area contributed by atoms with Crippen molar-refractivity contribution < 1.29 is 12.8 Å². The molecule has 2 heterocycles. The number of hydrogen-bond acceptors (Lipinski definition) is 5. The molecule has 0 aromatic carbocycles. The van der Waals surface area contributed by atoms with Crippen LogP contribution in [0.5, 0.6) is 0 Å². The fraction of sp³-hybridized carbons (Fsp3) is 0.692. The Morgan fingerprint density at radius 1 is 1.45 bits per heavy atom. The minimum absolute atomic E-state index is 0.0326. The summed E-state index contributed by atoms with van der Waals surface area (Å²) in [7, 11) is -2.11. The average molecular weight is 301 g/mol. The average Bonchev–Trinajstić information content (AvgIpc) is 3.08. The Bertz CT molecular complexity index is 527. The molecule has 1 unspecified atom stereocenters. The van der Waals surface area contributed by atoms with E-state index in [1.165, 1.54) is 26.1 Å². The van der Waals surface area contributed by atoms with Gasteiger partial charge in [0.2, 0.25) is 5.09 Å². The van der Waals surface area contributed by atoms with Crippen LogP contribution in [0.1, 0.15) is 19.1 Å². The number of nitrogens with one attached hydrogen (secondary N) is 2. The van der Waals surface area contributed by atoms with Crippen molar-refractivity contribution in [1.29, 1.82) is 0 Å². The summed E-state index contributed by atoms with van der Waals surface area (Å²) >= 11 is 0. The number of rotatable bonds is 7. The first-order valence-corrected chi connectivity index (χ1v) is 8.48. The van der Waals surface area contributed by atoms with Crippen LogP contribution in [0.4, 0.5) is 0 Å². The van der Waals surface area contributed by atoms with E-state index >= 15 is 0 Å². The van der Waals surface area contributed by atoms with Gasteiger partial charge in [-0.15, -0.1) is 0 Å². The first-order chi connectivity index (χ1) is 9.55. The quantitative estimate of drug-likeness (QED) is 0.772. The minimum atomic E-state index is -3.48. The maximum atomic E-state index is 11.5. The molecular formula is C13H23N3O3S. The molecule has 1 aromatic heterocycles. The highest BCUT2D eigenvalue weighted by Gasteiger charge is 2.21. The van der Waals surface area contributed by atoms with Crippen molar-refractivity contribution in [2.45, 2.75) is 25.0 Å². The Labute approximate surface area is 120 Å². The van der Waals surface area contributed by atoms with Crippen molar-refractivity contribution in [2.24, 2.45) is 5.92 Å². The molecule has 0 saturated carbocycles. The third-order valence-electron chi connectivity index (χ3n) is 3.72. The topological polar surface area (TPSA) is 74.6 Å². The highest BCUT2D eigenvalue weighted by atomic mass is 32.2. The van der Waals surface area contributed by atoms with Crippen molar-refractivity contribution in [3.8, 4) is 0 Å². The third-order valence-corrected chi connectivity index (χ3v) is 5.01. The van der Waals surface area contributed by atoms with E-state index in [0.29, 0.717) is 18.2 Å². The van der Waals surface area contributed by atoms with Crippen molar-refractivity contribution >= 4 is 10.0 Å². The van der Waals surface area contributed by atoms with Crippen molar-refractivity contribution in [2.75, 3.05) is 33.2 Å². The van der Waals surface area contributed by atoms with Crippen LogP contribution in [0.25, 0.3) is 0 Å². The smallest absolute Gasteiger partial charge is 0.273 e. The molecule has 0 bridgehead atoms. The second-order valence-corrected chi connectivity index (χ2v) is 6.92. The second-order valence-electron chi connectivity index (χ2n) is 5.11. The SMILES string of the molecule is CCN1CCC(CNCc2ccc(S(=O)(=O)NC)o2)C1. The zero-order chi connectivity index (χ0) is 14.6. The molecule has 7 heteroatoms. The highest BCUT2D eigenvalue weighted by Crippen LogP contribution is 2.16. The summed E-state index contributed by atoms with van der Waals surface area (Å²) < 4.78 is 30.6. The zero-order valence-corrected chi connectivity index (χ0v) is 12.9. The first-order valence-electron chi connectivity index (χ1n) is 7.00. The molecule has 1 aliphatic rings. The van der Waals surface area contributed by atoms with Gasteiger partial charge in [0.1, 0.15) is 5.76 Å². The van der Waals surface area contributed by atoms with Gasteiger partial charge in [-0.1, -0.05) is 6.92 Å². The van der Waals surface area contributed by atoms with Crippen LogP contribution >= 0.6 is 0 Å². The second kappa shape index (κ2) is 6.71. The summed E-state index contributed by atoms with van der Waals surface area (Å²) in [6, 6.07) is 3.18. The third kappa shape index (κ3) is 3.82. The highest BCUT2D eigenvalue weighted by molar-refractivity contribution is 7.89. The molecule has 0 radical (unpaired) electrons. The van der Waals surface area contributed by atoms with Crippen LogP contribution < -0.4 is 10.0 Å². The molecule has 0 aliphatic carbocycles. The molecule has 6 nitrogen and oxygen atoms in total. The minimum Gasteiger partial charge on any atom is -0.447 e. The number of furan rings is 1. The molecular weight excluding hydrogens is 278 g/mol. The van der Waals surface area contributed by atoms with Crippen molar-refractivity contribution in [3.05, 3.63) is 17.9 Å². The van der Waals surface area contributed by atoms with Gasteiger partial charge in [0.25, 0.3) is 10.0 Å². The van der Waals surface area contributed by atoms with Gasteiger partial charge in [-0.05, 0) is 51.2 Å². The van der Waals surface area contributed by atoms with Gasteiger partial charge in [0.15, 0.2) is 0 Å². The number of sulfonamides is 1. The Morgan fingerprint density at radius 3 is 2.90 bits per heavy atom. The fourth-order valence-electron chi connectivity index (χ4n) is 2.46. The van der Waals surface area contributed by atoms with Crippen molar-refractivity contribution in [1.82, 2.24) is 14.9 Å². The molecule has 1 aromatic rings. The monoisotopic (exact) mass is 301 g/mol. The molecule has 2 rings (SSSR count). The predicted octanol–water partition coefficient (Wildman–Crippen LogP) is 0.619. The van der Waals surface area contributed by atoms with Gasteiger partial charge in [-0.2, -0.15) is 0 Å². The number of likely N-dealkylation sites (tertiary alicyclic amines) is 1. The standard InChI is InChI=1S/C13H23N3O3S/c1-3-16-7-6-11(10-16)8-15-9-12-4-5-13(19-12)20(17,18)14-2/h4-5,11,14-15H,3,6-10H2,1-2H3. The molecule has 0 amide bonds. The van der Waals surface area contributed by atoms with Crippen LogP contribution in [0.2, 0.25) is 0 Å². The summed E-state index contributed by atoms with van der Waals surface area (Å²) in [5.41, 5.74) is 0.